The zero-order valence-electron chi connectivity index (χ0n) is 12.7. The zero-order chi connectivity index (χ0) is 15.6. The molecule has 1 aromatic heterocycles. The average Bonchev–Trinajstić information content (AvgIpc) is 2.69. The lowest BCUT2D eigenvalue weighted by atomic mass is 10.0. The van der Waals surface area contributed by atoms with Gasteiger partial charge in [0, 0.05) is 21.2 Å². The van der Waals surface area contributed by atoms with Crippen molar-refractivity contribution >= 4 is 27.5 Å². The molecule has 0 spiro atoms. The SMILES string of the molecule is CCC(N)Cc1c(C)nn(Cc2ccc(Br)cc2Cl)c1C. The van der Waals surface area contributed by atoms with Crippen LogP contribution in [-0.4, -0.2) is 15.8 Å². The molecule has 2 rings (SSSR count). The minimum Gasteiger partial charge on any atom is -0.327 e. The first-order chi connectivity index (χ1) is 9.92. The van der Waals surface area contributed by atoms with Gasteiger partial charge in [0.2, 0.25) is 0 Å². The minimum atomic E-state index is 0.191. The number of benzene rings is 1. The Morgan fingerprint density at radius 2 is 2.10 bits per heavy atom. The molecule has 114 valence electrons. The fourth-order valence-corrected chi connectivity index (χ4v) is 3.13. The molecule has 1 heterocycles. The van der Waals surface area contributed by atoms with Gasteiger partial charge in [-0.15, -0.1) is 0 Å². The highest BCUT2D eigenvalue weighted by molar-refractivity contribution is 9.10. The lowest BCUT2D eigenvalue weighted by Gasteiger charge is -2.10. The van der Waals surface area contributed by atoms with Gasteiger partial charge < -0.3 is 5.73 Å². The van der Waals surface area contributed by atoms with E-state index in [1.165, 1.54) is 11.3 Å². The van der Waals surface area contributed by atoms with Gasteiger partial charge in [0.05, 0.1) is 12.2 Å². The van der Waals surface area contributed by atoms with E-state index in [1.54, 1.807) is 0 Å². The van der Waals surface area contributed by atoms with E-state index in [0.29, 0.717) is 6.54 Å². The van der Waals surface area contributed by atoms with Crippen LogP contribution in [0.2, 0.25) is 5.02 Å². The largest absolute Gasteiger partial charge is 0.327 e. The van der Waals surface area contributed by atoms with Crippen molar-refractivity contribution in [1.82, 2.24) is 9.78 Å². The molecule has 1 aromatic carbocycles. The van der Waals surface area contributed by atoms with E-state index < -0.39 is 0 Å². The fourth-order valence-electron chi connectivity index (χ4n) is 2.40. The smallest absolute Gasteiger partial charge is 0.0677 e. The van der Waals surface area contributed by atoms with Crippen molar-refractivity contribution in [1.29, 1.82) is 0 Å². The molecule has 2 N–H and O–H groups in total. The number of aromatic nitrogens is 2. The average molecular weight is 371 g/mol. The van der Waals surface area contributed by atoms with Gasteiger partial charge in [0.25, 0.3) is 0 Å². The van der Waals surface area contributed by atoms with Gasteiger partial charge in [-0.3, -0.25) is 4.68 Å². The first-order valence-corrected chi connectivity index (χ1v) is 8.31. The maximum absolute atomic E-state index is 6.29. The predicted octanol–water partition coefficient (Wildman–Crippen LogP) is 4.24. The number of rotatable bonds is 5. The number of aryl methyl sites for hydroxylation is 1. The molecule has 0 fully saturated rings. The van der Waals surface area contributed by atoms with Crippen LogP contribution in [-0.2, 0) is 13.0 Å². The quantitative estimate of drug-likeness (QED) is 0.855. The van der Waals surface area contributed by atoms with Crippen LogP contribution in [0, 0.1) is 13.8 Å². The summed E-state index contributed by atoms with van der Waals surface area (Å²) >= 11 is 9.72. The normalized spacial score (nSPS) is 12.7. The maximum Gasteiger partial charge on any atom is 0.0677 e. The molecule has 21 heavy (non-hydrogen) atoms. The molecule has 0 saturated carbocycles. The highest BCUT2D eigenvalue weighted by Crippen LogP contribution is 2.23. The lowest BCUT2D eigenvalue weighted by Crippen LogP contribution is -2.22. The maximum atomic E-state index is 6.29. The second-order valence-electron chi connectivity index (χ2n) is 5.42. The molecular weight excluding hydrogens is 350 g/mol. The Bertz CT molecular complexity index is 637. The Kier molecular flexibility index (Phi) is 5.47. The second kappa shape index (κ2) is 6.95. The summed E-state index contributed by atoms with van der Waals surface area (Å²) in [6, 6.07) is 6.13. The summed E-state index contributed by atoms with van der Waals surface area (Å²) in [6.45, 7) is 6.94. The van der Waals surface area contributed by atoms with Gasteiger partial charge in [-0.1, -0.05) is 40.5 Å². The fraction of sp³-hybridized carbons (Fsp3) is 0.438. The van der Waals surface area contributed by atoms with Crippen LogP contribution in [0.4, 0.5) is 0 Å². The number of halogens is 2. The van der Waals surface area contributed by atoms with Crippen molar-refractivity contribution in [2.75, 3.05) is 0 Å². The topological polar surface area (TPSA) is 43.8 Å². The highest BCUT2D eigenvalue weighted by Gasteiger charge is 2.15. The molecule has 2 aromatic rings. The van der Waals surface area contributed by atoms with Crippen molar-refractivity contribution in [3.05, 3.63) is 50.2 Å². The zero-order valence-corrected chi connectivity index (χ0v) is 15.0. The summed E-state index contributed by atoms with van der Waals surface area (Å²) in [5, 5.41) is 5.40. The number of hydrogen-bond acceptors (Lipinski definition) is 2. The summed E-state index contributed by atoms with van der Waals surface area (Å²) in [6.07, 6.45) is 1.85. The van der Waals surface area contributed by atoms with Crippen LogP contribution < -0.4 is 5.73 Å². The summed E-state index contributed by atoms with van der Waals surface area (Å²) in [4.78, 5) is 0. The molecule has 1 atom stereocenters. The van der Waals surface area contributed by atoms with E-state index in [9.17, 15) is 0 Å². The molecule has 1 unspecified atom stereocenters. The molecule has 0 amide bonds. The van der Waals surface area contributed by atoms with E-state index in [0.717, 1.165) is 33.6 Å². The summed E-state index contributed by atoms with van der Waals surface area (Å²) < 4.78 is 3.00. The second-order valence-corrected chi connectivity index (χ2v) is 6.74. The van der Waals surface area contributed by atoms with Crippen LogP contribution in [0.3, 0.4) is 0 Å². The molecule has 0 aliphatic rings. The summed E-state index contributed by atoms with van der Waals surface area (Å²) in [5.74, 6) is 0. The minimum absolute atomic E-state index is 0.191. The first-order valence-electron chi connectivity index (χ1n) is 7.14. The molecule has 0 radical (unpaired) electrons. The van der Waals surface area contributed by atoms with Crippen LogP contribution in [0.5, 0.6) is 0 Å². The number of nitrogens with zero attached hydrogens (tertiary/aromatic N) is 2. The van der Waals surface area contributed by atoms with Crippen LogP contribution >= 0.6 is 27.5 Å². The highest BCUT2D eigenvalue weighted by atomic mass is 79.9. The van der Waals surface area contributed by atoms with E-state index in [-0.39, 0.29) is 6.04 Å². The Labute approximate surface area is 139 Å². The molecule has 0 saturated heterocycles. The third kappa shape index (κ3) is 3.87. The number of hydrogen-bond donors (Lipinski definition) is 1. The third-order valence-corrected chi connectivity index (χ3v) is 4.70. The van der Waals surface area contributed by atoms with E-state index in [4.69, 9.17) is 17.3 Å². The van der Waals surface area contributed by atoms with Crippen molar-refractivity contribution in [2.24, 2.45) is 5.73 Å². The van der Waals surface area contributed by atoms with Gasteiger partial charge in [-0.25, -0.2) is 0 Å². The van der Waals surface area contributed by atoms with Crippen LogP contribution in [0.25, 0.3) is 0 Å². The molecule has 5 heteroatoms. The van der Waals surface area contributed by atoms with Crippen LogP contribution in [0.1, 0.15) is 35.9 Å². The van der Waals surface area contributed by atoms with Crippen LogP contribution in [0.15, 0.2) is 22.7 Å². The molecule has 0 bridgehead atoms. The Morgan fingerprint density at radius 1 is 1.38 bits per heavy atom. The standard InChI is InChI=1S/C16H21BrClN3/c1-4-14(19)8-15-10(2)20-21(11(15)3)9-12-5-6-13(17)7-16(12)18/h5-7,14H,4,8-9,19H2,1-3H3. The molecule has 0 aliphatic heterocycles. The van der Waals surface area contributed by atoms with Crippen molar-refractivity contribution < 1.29 is 0 Å². The number of nitrogens with two attached hydrogens (primary N) is 1. The van der Waals surface area contributed by atoms with Gasteiger partial charge in [0.15, 0.2) is 0 Å². The van der Waals surface area contributed by atoms with Crippen molar-refractivity contribution in [2.45, 2.75) is 46.2 Å². The van der Waals surface area contributed by atoms with E-state index >= 15 is 0 Å². The molecule has 0 aliphatic carbocycles. The Hall–Kier alpha value is -0.840. The molecular formula is C16H21BrClN3. The first kappa shape index (κ1) is 16.5. The van der Waals surface area contributed by atoms with Gasteiger partial charge >= 0.3 is 0 Å². The van der Waals surface area contributed by atoms with Crippen molar-refractivity contribution in [3.8, 4) is 0 Å². The van der Waals surface area contributed by atoms with Gasteiger partial charge in [-0.05, 0) is 49.9 Å². The van der Waals surface area contributed by atoms with Gasteiger partial charge in [-0.2, -0.15) is 5.10 Å². The lowest BCUT2D eigenvalue weighted by molar-refractivity contribution is 0.636. The Morgan fingerprint density at radius 3 is 2.71 bits per heavy atom. The predicted molar refractivity (Wildman–Crippen MR) is 91.9 cm³/mol. The van der Waals surface area contributed by atoms with E-state index in [2.05, 4.69) is 34.9 Å². The van der Waals surface area contributed by atoms with E-state index in [1.807, 2.05) is 29.8 Å². The monoisotopic (exact) mass is 369 g/mol. The third-order valence-electron chi connectivity index (χ3n) is 3.86. The summed E-state index contributed by atoms with van der Waals surface area (Å²) in [5.41, 5.74) is 10.6. The molecule has 3 nitrogen and oxygen atoms in total. The Balaban J connectivity index is 2.27. The summed E-state index contributed by atoms with van der Waals surface area (Å²) in [7, 11) is 0. The van der Waals surface area contributed by atoms with Gasteiger partial charge in [0.1, 0.15) is 0 Å². The van der Waals surface area contributed by atoms with Crippen molar-refractivity contribution in [3.63, 3.8) is 0 Å².